The van der Waals surface area contributed by atoms with Gasteiger partial charge in [-0.1, -0.05) is 24.3 Å². The van der Waals surface area contributed by atoms with Crippen molar-refractivity contribution in [2.75, 3.05) is 13.9 Å². The lowest BCUT2D eigenvalue weighted by Gasteiger charge is -2.09. The molecule has 0 amide bonds. The van der Waals surface area contributed by atoms with Gasteiger partial charge in [0, 0.05) is 7.11 Å². The van der Waals surface area contributed by atoms with Gasteiger partial charge in [-0.3, -0.25) is 0 Å². The molecule has 2 aromatic rings. The minimum Gasteiger partial charge on any atom is -0.507 e. The summed E-state index contributed by atoms with van der Waals surface area (Å²) in [6.45, 7) is 0.174. The van der Waals surface area contributed by atoms with Gasteiger partial charge in [-0.2, -0.15) is 0 Å². The summed E-state index contributed by atoms with van der Waals surface area (Å²) in [5, 5.41) is 11.4. The summed E-state index contributed by atoms with van der Waals surface area (Å²) in [4.78, 5) is 0. The summed E-state index contributed by atoms with van der Waals surface area (Å²) >= 11 is 0. The Labute approximate surface area is 87.9 Å². The number of phenols is 1. The lowest BCUT2D eigenvalue weighted by atomic mass is 10.1. The van der Waals surface area contributed by atoms with Gasteiger partial charge in [0.1, 0.15) is 11.5 Å². The zero-order valence-corrected chi connectivity index (χ0v) is 8.43. The van der Waals surface area contributed by atoms with Crippen LogP contribution in [-0.2, 0) is 4.74 Å². The molecule has 0 spiro atoms. The van der Waals surface area contributed by atoms with Crippen LogP contribution in [0.15, 0.2) is 36.4 Å². The number of benzene rings is 2. The van der Waals surface area contributed by atoms with Gasteiger partial charge in [0.2, 0.25) is 0 Å². The van der Waals surface area contributed by atoms with Gasteiger partial charge in [0.15, 0.2) is 6.79 Å². The Kier molecular flexibility index (Phi) is 2.74. The summed E-state index contributed by atoms with van der Waals surface area (Å²) in [6.07, 6.45) is 0. The van der Waals surface area contributed by atoms with Crippen molar-refractivity contribution in [3.05, 3.63) is 36.4 Å². The SMILES string of the molecule is COCOc1cccc2cccc(O)c12. The van der Waals surface area contributed by atoms with E-state index in [-0.39, 0.29) is 12.5 Å². The van der Waals surface area contributed by atoms with Crippen molar-refractivity contribution in [2.24, 2.45) is 0 Å². The zero-order chi connectivity index (χ0) is 10.7. The molecule has 3 heteroatoms. The Balaban J connectivity index is 2.53. The largest absolute Gasteiger partial charge is 0.507 e. The molecule has 15 heavy (non-hydrogen) atoms. The lowest BCUT2D eigenvalue weighted by Crippen LogP contribution is -1.99. The molecule has 0 fully saturated rings. The Morgan fingerprint density at radius 2 is 1.87 bits per heavy atom. The zero-order valence-electron chi connectivity index (χ0n) is 8.43. The van der Waals surface area contributed by atoms with Crippen molar-refractivity contribution in [2.45, 2.75) is 0 Å². The second kappa shape index (κ2) is 4.19. The number of hydrogen-bond donors (Lipinski definition) is 1. The molecule has 3 nitrogen and oxygen atoms in total. The van der Waals surface area contributed by atoms with Crippen LogP contribution >= 0.6 is 0 Å². The number of methoxy groups -OCH3 is 1. The number of fused-ring (bicyclic) bond motifs is 1. The van der Waals surface area contributed by atoms with Gasteiger partial charge in [-0.05, 0) is 17.5 Å². The van der Waals surface area contributed by atoms with Crippen molar-refractivity contribution in [3.8, 4) is 11.5 Å². The van der Waals surface area contributed by atoms with Crippen molar-refractivity contribution in [1.29, 1.82) is 0 Å². The minimum absolute atomic E-state index is 0.174. The predicted molar refractivity (Wildman–Crippen MR) is 58.1 cm³/mol. The average Bonchev–Trinajstić information content (AvgIpc) is 2.26. The first kappa shape index (κ1) is 9.80. The first-order chi connectivity index (χ1) is 7.33. The third kappa shape index (κ3) is 1.87. The average molecular weight is 204 g/mol. The molecule has 0 aliphatic rings. The highest BCUT2D eigenvalue weighted by Crippen LogP contribution is 2.32. The topological polar surface area (TPSA) is 38.7 Å². The van der Waals surface area contributed by atoms with E-state index in [4.69, 9.17) is 9.47 Å². The second-order valence-corrected chi connectivity index (χ2v) is 3.18. The van der Waals surface area contributed by atoms with E-state index in [0.717, 1.165) is 10.8 Å². The summed E-state index contributed by atoms with van der Waals surface area (Å²) in [6, 6.07) is 11.0. The number of ether oxygens (including phenoxy) is 2. The van der Waals surface area contributed by atoms with Gasteiger partial charge < -0.3 is 14.6 Å². The first-order valence-corrected chi connectivity index (χ1v) is 4.65. The molecule has 78 valence electrons. The molecule has 0 saturated heterocycles. The highest BCUT2D eigenvalue weighted by Gasteiger charge is 2.05. The minimum atomic E-state index is 0.174. The van der Waals surface area contributed by atoms with E-state index in [2.05, 4.69) is 0 Å². The third-order valence-electron chi connectivity index (χ3n) is 2.18. The normalized spacial score (nSPS) is 10.5. The number of hydrogen-bond acceptors (Lipinski definition) is 3. The molecule has 2 aromatic carbocycles. The van der Waals surface area contributed by atoms with Crippen LogP contribution in [0.1, 0.15) is 0 Å². The summed E-state index contributed by atoms with van der Waals surface area (Å²) in [7, 11) is 1.56. The van der Waals surface area contributed by atoms with Crippen LogP contribution in [0.25, 0.3) is 10.8 Å². The van der Waals surface area contributed by atoms with E-state index in [1.54, 1.807) is 25.3 Å². The van der Waals surface area contributed by atoms with Crippen LogP contribution < -0.4 is 4.74 Å². The van der Waals surface area contributed by atoms with Crippen LogP contribution in [0, 0.1) is 0 Å². The highest BCUT2D eigenvalue weighted by molar-refractivity contribution is 5.93. The predicted octanol–water partition coefficient (Wildman–Crippen LogP) is 2.53. The van der Waals surface area contributed by atoms with Gasteiger partial charge in [-0.25, -0.2) is 0 Å². The van der Waals surface area contributed by atoms with Gasteiger partial charge in [-0.15, -0.1) is 0 Å². The quantitative estimate of drug-likeness (QED) is 0.781. The highest BCUT2D eigenvalue weighted by atomic mass is 16.7. The number of rotatable bonds is 3. The van der Waals surface area contributed by atoms with Crippen molar-refractivity contribution in [3.63, 3.8) is 0 Å². The second-order valence-electron chi connectivity index (χ2n) is 3.18. The number of phenolic OH excluding ortho intramolecular Hbond substituents is 1. The van der Waals surface area contributed by atoms with E-state index in [9.17, 15) is 5.11 Å². The van der Waals surface area contributed by atoms with E-state index < -0.39 is 0 Å². The molecular formula is C12H12O3. The molecule has 0 radical (unpaired) electrons. The molecular weight excluding hydrogens is 192 g/mol. The molecule has 2 rings (SSSR count). The van der Waals surface area contributed by atoms with E-state index in [1.807, 2.05) is 18.2 Å². The Morgan fingerprint density at radius 1 is 1.13 bits per heavy atom. The molecule has 0 atom stereocenters. The van der Waals surface area contributed by atoms with Gasteiger partial charge >= 0.3 is 0 Å². The van der Waals surface area contributed by atoms with Crippen LogP contribution in [0.5, 0.6) is 11.5 Å². The molecule has 0 bridgehead atoms. The van der Waals surface area contributed by atoms with Crippen molar-refractivity contribution < 1.29 is 14.6 Å². The summed E-state index contributed by atoms with van der Waals surface area (Å²) < 4.78 is 10.2. The lowest BCUT2D eigenvalue weighted by molar-refractivity contribution is 0.0522. The van der Waals surface area contributed by atoms with Crippen LogP contribution in [0.4, 0.5) is 0 Å². The molecule has 1 N–H and O–H groups in total. The summed E-state index contributed by atoms with van der Waals surface area (Å²) in [5.74, 6) is 0.853. The van der Waals surface area contributed by atoms with Crippen molar-refractivity contribution in [1.82, 2.24) is 0 Å². The van der Waals surface area contributed by atoms with Gasteiger partial charge in [0.25, 0.3) is 0 Å². The Bertz CT molecular complexity index is 460. The van der Waals surface area contributed by atoms with E-state index in [0.29, 0.717) is 5.75 Å². The Morgan fingerprint density at radius 3 is 2.60 bits per heavy atom. The first-order valence-electron chi connectivity index (χ1n) is 4.65. The maximum absolute atomic E-state index is 9.73. The van der Waals surface area contributed by atoms with Crippen LogP contribution in [-0.4, -0.2) is 19.0 Å². The maximum atomic E-state index is 9.73. The standard InChI is InChI=1S/C12H12O3/c1-14-8-15-11-7-3-5-9-4-2-6-10(13)12(9)11/h2-7,13H,8H2,1H3. The van der Waals surface area contributed by atoms with E-state index in [1.165, 1.54) is 0 Å². The maximum Gasteiger partial charge on any atom is 0.188 e. The molecule has 0 unspecified atom stereocenters. The molecule has 0 heterocycles. The van der Waals surface area contributed by atoms with E-state index >= 15 is 0 Å². The molecule has 0 aromatic heterocycles. The fourth-order valence-corrected chi connectivity index (χ4v) is 1.53. The number of aromatic hydroxyl groups is 1. The molecule has 0 saturated carbocycles. The smallest absolute Gasteiger partial charge is 0.188 e. The fraction of sp³-hybridized carbons (Fsp3) is 0.167. The van der Waals surface area contributed by atoms with Crippen LogP contribution in [0.2, 0.25) is 0 Å². The van der Waals surface area contributed by atoms with Crippen molar-refractivity contribution >= 4 is 10.8 Å². The monoisotopic (exact) mass is 204 g/mol. The third-order valence-corrected chi connectivity index (χ3v) is 2.18. The summed E-state index contributed by atoms with van der Waals surface area (Å²) in [5.41, 5.74) is 0. The van der Waals surface area contributed by atoms with Crippen LogP contribution in [0.3, 0.4) is 0 Å². The molecule has 0 aliphatic carbocycles. The Hall–Kier alpha value is -1.74. The molecule has 0 aliphatic heterocycles. The fourth-order valence-electron chi connectivity index (χ4n) is 1.53. The van der Waals surface area contributed by atoms with Gasteiger partial charge in [0.05, 0.1) is 5.39 Å².